The highest BCUT2D eigenvalue weighted by Crippen LogP contribution is 2.22. The summed E-state index contributed by atoms with van der Waals surface area (Å²) in [6, 6.07) is 0.700. The predicted octanol–water partition coefficient (Wildman–Crippen LogP) is 1.83. The Hall–Kier alpha value is -1.48. The van der Waals surface area contributed by atoms with Crippen LogP contribution in [0.25, 0.3) is 0 Å². The summed E-state index contributed by atoms with van der Waals surface area (Å²) < 4.78 is 15.5. The zero-order valence-electron chi connectivity index (χ0n) is 16.5. The summed E-state index contributed by atoms with van der Waals surface area (Å²) in [4.78, 5) is 22.5. The third kappa shape index (κ3) is 6.27. The Kier molecular flexibility index (Phi) is 8.69. The number of halogens is 1. The quantitative estimate of drug-likeness (QED) is 0.607. The number of carbonyl (C=O) groups excluding carboxylic acids is 1. The van der Waals surface area contributed by atoms with Crippen molar-refractivity contribution in [1.82, 2.24) is 15.3 Å². The van der Waals surface area contributed by atoms with Crippen LogP contribution in [0.3, 0.4) is 0 Å². The van der Waals surface area contributed by atoms with Crippen LogP contribution < -0.4 is 10.2 Å². The van der Waals surface area contributed by atoms with E-state index in [0.29, 0.717) is 43.9 Å². The second-order valence-corrected chi connectivity index (χ2v) is 6.91. The van der Waals surface area contributed by atoms with Gasteiger partial charge >= 0.3 is 5.97 Å². The number of ether oxygens (including phenoxy) is 3. The molecule has 2 atom stereocenters. The van der Waals surface area contributed by atoms with E-state index in [4.69, 9.17) is 25.8 Å². The molecule has 27 heavy (non-hydrogen) atoms. The Morgan fingerprint density at radius 2 is 2.04 bits per heavy atom. The van der Waals surface area contributed by atoms with Crippen LogP contribution in [0.1, 0.15) is 36.8 Å². The van der Waals surface area contributed by atoms with Crippen LogP contribution in [0.4, 0.5) is 5.95 Å². The molecule has 2 fully saturated rings. The van der Waals surface area contributed by atoms with Crippen molar-refractivity contribution in [3.8, 4) is 0 Å². The maximum Gasteiger partial charge on any atom is 0.357 e. The fourth-order valence-electron chi connectivity index (χ4n) is 2.73. The molecule has 9 heteroatoms. The lowest BCUT2D eigenvalue weighted by Gasteiger charge is -2.33. The van der Waals surface area contributed by atoms with E-state index in [2.05, 4.69) is 22.2 Å². The van der Waals surface area contributed by atoms with E-state index in [1.165, 1.54) is 0 Å². The summed E-state index contributed by atoms with van der Waals surface area (Å²) >= 11 is 6.11. The molecule has 0 radical (unpaired) electrons. The Bertz CT molecular complexity index is 626. The number of carbonyl (C=O) groups is 1. The SMILES string of the molecule is CCOC(=O)c1nc(N2CCOC[C@@H]2C)nc(Cl)c1C.C[C@H]1COCCN1. The second kappa shape index (κ2) is 10.8. The van der Waals surface area contributed by atoms with Gasteiger partial charge in [0.1, 0.15) is 5.15 Å². The molecular weight excluding hydrogens is 372 g/mol. The van der Waals surface area contributed by atoms with Gasteiger partial charge in [-0.2, -0.15) is 0 Å². The topological polar surface area (TPSA) is 85.8 Å². The Labute approximate surface area is 165 Å². The van der Waals surface area contributed by atoms with Gasteiger partial charge in [0.05, 0.1) is 39.1 Å². The van der Waals surface area contributed by atoms with Crippen LogP contribution in [0.15, 0.2) is 0 Å². The van der Waals surface area contributed by atoms with Crippen molar-refractivity contribution in [3.63, 3.8) is 0 Å². The molecule has 0 unspecified atom stereocenters. The lowest BCUT2D eigenvalue weighted by molar-refractivity contribution is 0.0518. The average molecular weight is 401 g/mol. The van der Waals surface area contributed by atoms with Crippen molar-refractivity contribution in [2.75, 3.05) is 51.0 Å². The highest BCUT2D eigenvalue weighted by atomic mass is 35.5. The van der Waals surface area contributed by atoms with E-state index in [9.17, 15) is 4.79 Å². The number of esters is 1. The number of hydrogen-bond acceptors (Lipinski definition) is 8. The molecule has 3 rings (SSSR count). The third-order valence-electron chi connectivity index (χ3n) is 4.27. The molecule has 0 saturated carbocycles. The van der Waals surface area contributed by atoms with E-state index in [-0.39, 0.29) is 16.9 Å². The van der Waals surface area contributed by atoms with Gasteiger partial charge in [-0.3, -0.25) is 0 Å². The van der Waals surface area contributed by atoms with Crippen LogP contribution in [0, 0.1) is 6.92 Å². The van der Waals surface area contributed by atoms with Crippen molar-refractivity contribution in [2.45, 2.75) is 39.8 Å². The zero-order chi connectivity index (χ0) is 19.8. The lowest BCUT2D eigenvalue weighted by Crippen LogP contribution is -2.44. The van der Waals surface area contributed by atoms with Gasteiger partial charge in [-0.1, -0.05) is 11.6 Å². The molecule has 8 nitrogen and oxygen atoms in total. The fourth-order valence-corrected chi connectivity index (χ4v) is 2.89. The maximum atomic E-state index is 11.9. The fraction of sp³-hybridized carbons (Fsp3) is 0.722. The molecule has 0 amide bonds. The summed E-state index contributed by atoms with van der Waals surface area (Å²) in [5, 5.41) is 3.53. The van der Waals surface area contributed by atoms with Crippen LogP contribution in [-0.2, 0) is 14.2 Å². The first-order valence-electron chi connectivity index (χ1n) is 9.30. The van der Waals surface area contributed by atoms with Crippen LogP contribution in [0.5, 0.6) is 0 Å². The van der Waals surface area contributed by atoms with Gasteiger partial charge in [0, 0.05) is 24.7 Å². The van der Waals surface area contributed by atoms with Crippen molar-refractivity contribution in [1.29, 1.82) is 0 Å². The first-order chi connectivity index (χ1) is 12.9. The normalized spacial score (nSPS) is 22.6. The summed E-state index contributed by atoms with van der Waals surface area (Å²) in [5.41, 5.74) is 0.760. The second-order valence-electron chi connectivity index (χ2n) is 6.56. The molecule has 0 aliphatic carbocycles. The van der Waals surface area contributed by atoms with Gasteiger partial charge in [0.25, 0.3) is 0 Å². The molecule has 1 N–H and O–H groups in total. The minimum Gasteiger partial charge on any atom is -0.461 e. The molecule has 1 aromatic rings. The molecular formula is C18H29ClN4O4. The van der Waals surface area contributed by atoms with E-state index < -0.39 is 5.97 Å². The molecule has 2 aliphatic rings. The van der Waals surface area contributed by atoms with Crippen LogP contribution >= 0.6 is 11.6 Å². The van der Waals surface area contributed by atoms with Gasteiger partial charge in [0.2, 0.25) is 5.95 Å². The number of morpholine rings is 2. The maximum absolute atomic E-state index is 11.9. The van der Waals surface area contributed by atoms with Gasteiger partial charge in [-0.25, -0.2) is 14.8 Å². The molecule has 0 bridgehead atoms. The molecule has 0 aromatic carbocycles. The van der Waals surface area contributed by atoms with Crippen molar-refractivity contribution >= 4 is 23.5 Å². The number of nitrogens with one attached hydrogen (secondary N) is 1. The van der Waals surface area contributed by atoms with Gasteiger partial charge < -0.3 is 24.4 Å². The van der Waals surface area contributed by atoms with Crippen LogP contribution in [-0.4, -0.2) is 74.1 Å². The van der Waals surface area contributed by atoms with E-state index in [0.717, 1.165) is 19.8 Å². The lowest BCUT2D eigenvalue weighted by atomic mass is 10.2. The molecule has 2 aliphatic heterocycles. The number of rotatable bonds is 3. The number of anilines is 1. The molecule has 2 saturated heterocycles. The largest absolute Gasteiger partial charge is 0.461 e. The molecule has 3 heterocycles. The van der Waals surface area contributed by atoms with E-state index in [1.54, 1.807) is 13.8 Å². The van der Waals surface area contributed by atoms with E-state index in [1.807, 2.05) is 11.8 Å². The minimum absolute atomic E-state index is 0.137. The number of nitrogens with zero attached hydrogens (tertiary/aromatic N) is 3. The number of hydrogen-bond donors (Lipinski definition) is 1. The molecule has 0 spiro atoms. The monoisotopic (exact) mass is 400 g/mol. The average Bonchev–Trinajstić information content (AvgIpc) is 2.65. The predicted molar refractivity (Wildman–Crippen MR) is 104 cm³/mol. The van der Waals surface area contributed by atoms with Crippen molar-refractivity contribution in [2.24, 2.45) is 0 Å². The van der Waals surface area contributed by atoms with Gasteiger partial charge in [-0.15, -0.1) is 0 Å². The summed E-state index contributed by atoms with van der Waals surface area (Å²) in [5.74, 6) is -0.0316. The first kappa shape index (κ1) is 21.8. The Morgan fingerprint density at radius 1 is 1.30 bits per heavy atom. The smallest absolute Gasteiger partial charge is 0.357 e. The first-order valence-corrected chi connectivity index (χ1v) is 9.68. The highest BCUT2D eigenvalue weighted by Gasteiger charge is 2.25. The van der Waals surface area contributed by atoms with Gasteiger partial charge in [-0.05, 0) is 27.7 Å². The standard InChI is InChI=1S/C13H18ClN3O3.C5H11NO/c1-4-20-12(18)10-9(3)11(14)16-13(15-10)17-5-6-19-7-8(17)2;1-5-4-7-3-2-6-5/h8H,4-7H2,1-3H3;5-6H,2-4H2,1H3/t8-;5-/m00/s1. The summed E-state index contributed by atoms with van der Waals surface area (Å²) in [6.07, 6.45) is 0. The molecule has 1 aromatic heterocycles. The van der Waals surface area contributed by atoms with Crippen molar-refractivity contribution in [3.05, 3.63) is 16.4 Å². The van der Waals surface area contributed by atoms with E-state index >= 15 is 0 Å². The Balaban J connectivity index is 0.000000313. The minimum atomic E-state index is -0.475. The summed E-state index contributed by atoms with van der Waals surface area (Å²) in [7, 11) is 0. The van der Waals surface area contributed by atoms with Crippen LogP contribution in [0.2, 0.25) is 5.15 Å². The third-order valence-corrected chi connectivity index (χ3v) is 4.64. The number of aromatic nitrogens is 2. The zero-order valence-corrected chi connectivity index (χ0v) is 17.2. The highest BCUT2D eigenvalue weighted by molar-refractivity contribution is 6.30. The Morgan fingerprint density at radius 3 is 2.59 bits per heavy atom. The molecule has 152 valence electrons. The van der Waals surface area contributed by atoms with Crippen molar-refractivity contribution < 1.29 is 19.0 Å². The van der Waals surface area contributed by atoms with Gasteiger partial charge in [0.15, 0.2) is 5.69 Å². The summed E-state index contributed by atoms with van der Waals surface area (Å²) in [6.45, 7) is 12.5.